The number of anilines is 1. The predicted octanol–water partition coefficient (Wildman–Crippen LogP) is 2.23. The third-order valence-corrected chi connectivity index (χ3v) is 6.66. The molecular weight excluding hydrogens is 354 g/mol. The average molecular weight is 377 g/mol. The molecule has 1 spiro atoms. The molecule has 0 bridgehead atoms. The van der Waals surface area contributed by atoms with Crippen molar-refractivity contribution in [3.8, 4) is 0 Å². The van der Waals surface area contributed by atoms with E-state index in [-0.39, 0.29) is 11.3 Å². The summed E-state index contributed by atoms with van der Waals surface area (Å²) in [7, 11) is 2.11. The quantitative estimate of drug-likeness (QED) is 0.754. The number of aromatic nitrogens is 5. The SMILES string of the molecule is CN(c1ncnc2[nH]ccc12)C1CC2(C1)CN(C(=O)c1cnn(C3CC3)c1)C2. The third-order valence-electron chi connectivity index (χ3n) is 6.66. The number of hydrogen-bond donors (Lipinski definition) is 1. The fraction of sp³-hybridized carbons (Fsp3) is 0.500. The first kappa shape index (κ1) is 16.1. The standard InChI is InChI=1S/C20H23N7O/c1-25(18-16-4-5-21-17(16)22-12-23-18)15-6-20(7-15)10-26(11-20)19(28)13-8-24-27(9-13)14-2-3-14/h4-5,8-9,12,14-15H,2-3,6-7,10-11H2,1H3,(H,21,22,23). The van der Waals surface area contributed by atoms with Crippen molar-refractivity contribution in [1.29, 1.82) is 0 Å². The van der Waals surface area contributed by atoms with Crippen LogP contribution in [0.1, 0.15) is 42.1 Å². The first-order valence-electron chi connectivity index (χ1n) is 9.96. The number of carbonyl (C=O) groups excluding carboxylic acids is 1. The van der Waals surface area contributed by atoms with Crippen molar-refractivity contribution in [2.45, 2.75) is 37.8 Å². The number of nitrogens with zero attached hydrogens (tertiary/aromatic N) is 6. The van der Waals surface area contributed by atoms with E-state index in [0.717, 1.165) is 48.3 Å². The molecule has 6 rings (SSSR count). The molecule has 1 N–H and O–H groups in total. The van der Waals surface area contributed by atoms with Gasteiger partial charge in [0, 0.05) is 44.0 Å². The van der Waals surface area contributed by atoms with Crippen molar-refractivity contribution >= 4 is 22.8 Å². The van der Waals surface area contributed by atoms with E-state index in [0.29, 0.717) is 12.1 Å². The summed E-state index contributed by atoms with van der Waals surface area (Å²) in [5, 5.41) is 5.41. The van der Waals surface area contributed by atoms with Gasteiger partial charge in [0.05, 0.1) is 23.2 Å². The minimum Gasteiger partial charge on any atom is -0.356 e. The summed E-state index contributed by atoms with van der Waals surface area (Å²) >= 11 is 0. The lowest BCUT2D eigenvalue weighted by molar-refractivity contribution is -0.0541. The van der Waals surface area contributed by atoms with Crippen molar-refractivity contribution in [3.05, 3.63) is 36.5 Å². The Bertz CT molecular complexity index is 1050. The molecule has 1 aliphatic heterocycles. The summed E-state index contributed by atoms with van der Waals surface area (Å²) in [5.74, 6) is 1.10. The molecule has 0 radical (unpaired) electrons. The molecule has 3 aromatic rings. The molecule has 144 valence electrons. The van der Waals surface area contributed by atoms with Crippen LogP contribution in [0, 0.1) is 5.41 Å². The number of carbonyl (C=O) groups is 1. The van der Waals surface area contributed by atoms with Gasteiger partial charge in [0.2, 0.25) is 0 Å². The van der Waals surface area contributed by atoms with E-state index in [1.54, 1.807) is 12.5 Å². The summed E-state index contributed by atoms with van der Waals surface area (Å²) in [4.78, 5) is 28.9. The van der Waals surface area contributed by atoms with Crippen molar-refractivity contribution < 1.29 is 4.79 Å². The Kier molecular flexibility index (Phi) is 3.19. The second kappa shape index (κ2) is 5.56. The number of hydrogen-bond acceptors (Lipinski definition) is 5. The maximum atomic E-state index is 12.7. The van der Waals surface area contributed by atoms with Crippen LogP contribution in [0.15, 0.2) is 31.0 Å². The molecule has 1 amide bonds. The summed E-state index contributed by atoms with van der Waals surface area (Å²) < 4.78 is 1.95. The van der Waals surface area contributed by atoms with Crippen LogP contribution in [0.5, 0.6) is 0 Å². The smallest absolute Gasteiger partial charge is 0.257 e. The van der Waals surface area contributed by atoms with Crippen molar-refractivity contribution in [2.24, 2.45) is 5.41 Å². The highest BCUT2D eigenvalue weighted by Gasteiger charge is 2.55. The fourth-order valence-corrected chi connectivity index (χ4v) is 4.86. The first-order chi connectivity index (χ1) is 13.6. The van der Waals surface area contributed by atoms with Crippen LogP contribution in [0.3, 0.4) is 0 Å². The molecule has 8 heteroatoms. The van der Waals surface area contributed by atoms with Crippen LogP contribution in [0.2, 0.25) is 0 Å². The van der Waals surface area contributed by atoms with Gasteiger partial charge in [-0.1, -0.05) is 0 Å². The number of nitrogens with one attached hydrogen (secondary N) is 1. The van der Waals surface area contributed by atoms with Gasteiger partial charge in [-0.05, 0) is 31.7 Å². The highest BCUT2D eigenvalue weighted by molar-refractivity contribution is 5.94. The maximum Gasteiger partial charge on any atom is 0.257 e. The Morgan fingerprint density at radius 3 is 2.89 bits per heavy atom. The number of aromatic amines is 1. The van der Waals surface area contributed by atoms with Gasteiger partial charge in [0.1, 0.15) is 17.8 Å². The molecule has 3 aliphatic rings. The molecule has 28 heavy (non-hydrogen) atoms. The Morgan fingerprint density at radius 1 is 1.29 bits per heavy atom. The second-order valence-electron chi connectivity index (χ2n) is 8.71. The van der Waals surface area contributed by atoms with Gasteiger partial charge in [-0.3, -0.25) is 9.48 Å². The zero-order valence-electron chi connectivity index (χ0n) is 15.9. The maximum absolute atomic E-state index is 12.7. The van der Waals surface area contributed by atoms with Gasteiger partial charge < -0.3 is 14.8 Å². The van der Waals surface area contributed by atoms with E-state index in [9.17, 15) is 4.79 Å². The number of amides is 1. The van der Waals surface area contributed by atoms with Gasteiger partial charge in [0.25, 0.3) is 5.91 Å². The topological polar surface area (TPSA) is 82.9 Å². The van der Waals surface area contributed by atoms with E-state index >= 15 is 0 Å². The van der Waals surface area contributed by atoms with Crippen LogP contribution in [0.25, 0.3) is 11.0 Å². The molecule has 0 unspecified atom stereocenters. The van der Waals surface area contributed by atoms with Gasteiger partial charge in [-0.2, -0.15) is 5.10 Å². The lowest BCUT2D eigenvalue weighted by atomic mass is 9.60. The number of rotatable bonds is 4. The highest BCUT2D eigenvalue weighted by Crippen LogP contribution is 2.51. The van der Waals surface area contributed by atoms with Gasteiger partial charge in [-0.25, -0.2) is 9.97 Å². The normalized spacial score (nSPS) is 21.0. The predicted molar refractivity (Wildman–Crippen MR) is 104 cm³/mol. The minimum atomic E-state index is 0.124. The van der Waals surface area contributed by atoms with E-state index in [1.807, 2.05) is 28.0 Å². The van der Waals surface area contributed by atoms with E-state index in [2.05, 4.69) is 32.0 Å². The van der Waals surface area contributed by atoms with Gasteiger partial charge >= 0.3 is 0 Å². The van der Waals surface area contributed by atoms with Gasteiger partial charge in [0.15, 0.2) is 0 Å². The molecule has 2 aliphatic carbocycles. The molecule has 3 aromatic heterocycles. The summed E-state index contributed by atoms with van der Waals surface area (Å²) in [6.45, 7) is 1.71. The van der Waals surface area contributed by atoms with E-state index in [4.69, 9.17) is 0 Å². The lowest BCUT2D eigenvalue weighted by Crippen LogP contribution is -2.67. The Labute approximate surface area is 162 Å². The Hall–Kier alpha value is -2.90. The first-order valence-corrected chi connectivity index (χ1v) is 9.96. The third kappa shape index (κ3) is 2.36. The molecule has 0 atom stereocenters. The number of fused-ring (bicyclic) bond motifs is 1. The fourth-order valence-electron chi connectivity index (χ4n) is 4.86. The van der Waals surface area contributed by atoms with Gasteiger partial charge in [-0.15, -0.1) is 0 Å². The minimum absolute atomic E-state index is 0.124. The number of H-pyrrole nitrogens is 1. The van der Waals surface area contributed by atoms with Crippen LogP contribution >= 0.6 is 0 Å². The van der Waals surface area contributed by atoms with Crippen LogP contribution in [-0.4, -0.2) is 61.7 Å². The van der Waals surface area contributed by atoms with Crippen molar-refractivity contribution in [1.82, 2.24) is 29.6 Å². The largest absolute Gasteiger partial charge is 0.356 e. The zero-order valence-corrected chi connectivity index (χ0v) is 15.9. The van der Waals surface area contributed by atoms with Crippen molar-refractivity contribution in [2.75, 3.05) is 25.0 Å². The highest BCUT2D eigenvalue weighted by atomic mass is 16.2. The number of likely N-dealkylation sites (tertiary alicyclic amines) is 1. The molecular formula is C20H23N7O. The van der Waals surface area contributed by atoms with E-state index in [1.165, 1.54) is 12.8 Å². The lowest BCUT2D eigenvalue weighted by Gasteiger charge is -2.60. The van der Waals surface area contributed by atoms with Crippen LogP contribution in [-0.2, 0) is 0 Å². The monoisotopic (exact) mass is 377 g/mol. The zero-order chi connectivity index (χ0) is 18.9. The Balaban J connectivity index is 1.09. The summed E-state index contributed by atoms with van der Waals surface area (Å²) in [6, 6.07) is 3.00. The Morgan fingerprint density at radius 2 is 2.11 bits per heavy atom. The molecule has 2 saturated carbocycles. The molecule has 1 saturated heterocycles. The van der Waals surface area contributed by atoms with Crippen LogP contribution in [0.4, 0.5) is 5.82 Å². The van der Waals surface area contributed by atoms with E-state index < -0.39 is 0 Å². The molecule has 3 fully saturated rings. The van der Waals surface area contributed by atoms with Crippen molar-refractivity contribution in [3.63, 3.8) is 0 Å². The summed E-state index contributed by atoms with van der Waals surface area (Å²) in [5.41, 5.74) is 1.88. The average Bonchev–Trinajstić information content (AvgIpc) is 3.17. The molecule has 0 aromatic carbocycles. The second-order valence-corrected chi connectivity index (χ2v) is 8.71. The molecule has 4 heterocycles. The summed E-state index contributed by atoms with van der Waals surface area (Å²) in [6.07, 6.45) is 11.7. The van der Waals surface area contributed by atoms with Crippen LogP contribution < -0.4 is 4.90 Å². The molecule has 8 nitrogen and oxygen atoms in total.